The van der Waals surface area contributed by atoms with Gasteiger partial charge in [-0.2, -0.15) is 0 Å². The molecular weight excluding hydrogens is 296 g/mol. The standard InChI is InChI=1S/C17H18N2O2S/c1-12-9-15(3-4-16(12)13(2)20)19-17(21)11-22-10-14-5-7-18-8-6-14/h3-9H,10-11H2,1-2H3,(H,19,21). The lowest BCUT2D eigenvalue weighted by Crippen LogP contribution is -2.14. The molecule has 5 heteroatoms. The van der Waals surface area contributed by atoms with Crippen LogP contribution in [0.3, 0.4) is 0 Å². The second-order valence-electron chi connectivity index (χ2n) is 4.98. The van der Waals surface area contributed by atoms with Gasteiger partial charge in [0.25, 0.3) is 0 Å². The maximum absolute atomic E-state index is 11.9. The highest BCUT2D eigenvalue weighted by atomic mass is 32.2. The van der Waals surface area contributed by atoms with E-state index in [1.54, 1.807) is 36.3 Å². The van der Waals surface area contributed by atoms with Gasteiger partial charge in [-0.15, -0.1) is 11.8 Å². The topological polar surface area (TPSA) is 59.1 Å². The van der Waals surface area contributed by atoms with Crippen LogP contribution >= 0.6 is 11.8 Å². The van der Waals surface area contributed by atoms with Crippen molar-refractivity contribution in [1.29, 1.82) is 0 Å². The van der Waals surface area contributed by atoms with Crippen LogP contribution in [-0.4, -0.2) is 22.4 Å². The molecule has 1 heterocycles. The predicted molar refractivity (Wildman–Crippen MR) is 90.2 cm³/mol. The van der Waals surface area contributed by atoms with Gasteiger partial charge in [0.05, 0.1) is 5.75 Å². The lowest BCUT2D eigenvalue weighted by Gasteiger charge is -2.08. The van der Waals surface area contributed by atoms with E-state index >= 15 is 0 Å². The Balaban J connectivity index is 1.84. The van der Waals surface area contributed by atoms with Crippen molar-refractivity contribution < 1.29 is 9.59 Å². The Bertz CT molecular complexity index is 672. The van der Waals surface area contributed by atoms with E-state index < -0.39 is 0 Å². The summed E-state index contributed by atoms with van der Waals surface area (Å²) in [6.45, 7) is 3.40. The fourth-order valence-electron chi connectivity index (χ4n) is 2.07. The number of carbonyl (C=O) groups excluding carboxylic acids is 2. The van der Waals surface area contributed by atoms with Gasteiger partial charge in [-0.25, -0.2) is 0 Å². The summed E-state index contributed by atoms with van der Waals surface area (Å²) >= 11 is 1.55. The second kappa shape index (κ2) is 7.75. The summed E-state index contributed by atoms with van der Waals surface area (Å²) in [4.78, 5) is 27.3. The Kier molecular flexibility index (Phi) is 5.72. The van der Waals surface area contributed by atoms with E-state index in [2.05, 4.69) is 10.3 Å². The summed E-state index contributed by atoms with van der Waals surface area (Å²) < 4.78 is 0. The van der Waals surface area contributed by atoms with Crippen molar-refractivity contribution >= 4 is 29.1 Å². The molecule has 4 nitrogen and oxygen atoms in total. The van der Waals surface area contributed by atoms with E-state index in [1.807, 2.05) is 25.1 Å². The number of benzene rings is 1. The van der Waals surface area contributed by atoms with Crippen molar-refractivity contribution in [3.63, 3.8) is 0 Å². The molecule has 1 aromatic heterocycles. The Morgan fingerprint density at radius 1 is 1.18 bits per heavy atom. The number of nitrogens with one attached hydrogen (secondary N) is 1. The summed E-state index contributed by atoms with van der Waals surface area (Å²) in [5.74, 6) is 1.14. The summed E-state index contributed by atoms with van der Waals surface area (Å²) in [5.41, 5.74) is 3.42. The van der Waals surface area contributed by atoms with Crippen LogP contribution in [0.1, 0.15) is 28.4 Å². The quantitative estimate of drug-likeness (QED) is 0.830. The molecule has 22 heavy (non-hydrogen) atoms. The number of carbonyl (C=O) groups is 2. The monoisotopic (exact) mass is 314 g/mol. The van der Waals surface area contributed by atoms with Crippen molar-refractivity contribution in [2.45, 2.75) is 19.6 Å². The molecule has 0 saturated heterocycles. The molecule has 0 unspecified atom stereocenters. The number of hydrogen-bond donors (Lipinski definition) is 1. The first-order chi connectivity index (χ1) is 10.6. The maximum atomic E-state index is 11.9. The molecule has 0 spiro atoms. The third-order valence-corrected chi connectivity index (χ3v) is 4.14. The number of amides is 1. The lowest BCUT2D eigenvalue weighted by molar-refractivity contribution is -0.113. The molecule has 0 atom stereocenters. The van der Waals surface area contributed by atoms with E-state index in [1.165, 1.54) is 6.92 Å². The predicted octanol–water partition coefficient (Wildman–Crippen LogP) is 3.46. The Morgan fingerprint density at radius 3 is 2.55 bits per heavy atom. The lowest BCUT2D eigenvalue weighted by atomic mass is 10.1. The van der Waals surface area contributed by atoms with Crippen molar-refractivity contribution in [3.05, 3.63) is 59.4 Å². The number of Topliss-reactive ketones (excluding diaryl/α,β-unsaturated/α-hetero) is 1. The highest BCUT2D eigenvalue weighted by Gasteiger charge is 2.07. The highest BCUT2D eigenvalue weighted by Crippen LogP contribution is 2.17. The van der Waals surface area contributed by atoms with Gasteiger partial charge in [0.15, 0.2) is 5.78 Å². The molecule has 0 fully saturated rings. The zero-order valence-corrected chi connectivity index (χ0v) is 13.4. The zero-order valence-electron chi connectivity index (χ0n) is 12.6. The smallest absolute Gasteiger partial charge is 0.234 e. The first-order valence-electron chi connectivity index (χ1n) is 6.94. The van der Waals surface area contributed by atoms with Crippen LogP contribution < -0.4 is 5.32 Å². The van der Waals surface area contributed by atoms with Crippen LogP contribution in [0.5, 0.6) is 0 Å². The first kappa shape index (κ1) is 16.2. The van der Waals surface area contributed by atoms with Gasteiger partial charge in [0.2, 0.25) is 5.91 Å². The summed E-state index contributed by atoms with van der Waals surface area (Å²) in [7, 11) is 0. The third kappa shape index (κ3) is 4.70. The van der Waals surface area contributed by atoms with E-state index in [4.69, 9.17) is 0 Å². The molecule has 2 aromatic rings. The van der Waals surface area contributed by atoms with Crippen molar-refractivity contribution in [3.8, 4) is 0 Å². The molecule has 0 aliphatic heterocycles. The van der Waals surface area contributed by atoms with Crippen LogP contribution in [0.15, 0.2) is 42.7 Å². The average molecular weight is 314 g/mol. The second-order valence-corrected chi connectivity index (χ2v) is 5.97. The minimum atomic E-state index is -0.0472. The molecule has 0 aliphatic rings. The SMILES string of the molecule is CC(=O)c1ccc(NC(=O)CSCc2ccncc2)cc1C. The fraction of sp³-hybridized carbons (Fsp3) is 0.235. The van der Waals surface area contributed by atoms with Crippen molar-refractivity contribution in [1.82, 2.24) is 4.98 Å². The summed E-state index contributed by atoms with van der Waals surface area (Å²) in [6, 6.07) is 9.21. The maximum Gasteiger partial charge on any atom is 0.234 e. The number of aryl methyl sites for hydroxylation is 1. The van der Waals surface area contributed by atoms with Gasteiger partial charge in [-0.05, 0) is 55.3 Å². The zero-order chi connectivity index (χ0) is 15.9. The van der Waals surface area contributed by atoms with Gasteiger partial charge in [0.1, 0.15) is 0 Å². The van der Waals surface area contributed by atoms with E-state index in [0.29, 0.717) is 11.3 Å². The molecule has 1 amide bonds. The molecule has 0 aliphatic carbocycles. The van der Waals surface area contributed by atoms with Crippen molar-refractivity contribution in [2.75, 3.05) is 11.1 Å². The average Bonchev–Trinajstić information content (AvgIpc) is 2.48. The van der Waals surface area contributed by atoms with E-state index in [-0.39, 0.29) is 11.7 Å². The van der Waals surface area contributed by atoms with Crippen molar-refractivity contribution in [2.24, 2.45) is 0 Å². The molecule has 0 radical (unpaired) electrons. The van der Waals surface area contributed by atoms with Gasteiger partial charge >= 0.3 is 0 Å². The van der Waals surface area contributed by atoms with Gasteiger partial charge in [-0.3, -0.25) is 14.6 Å². The Hall–Kier alpha value is -2.14. The number of ketones is 1. The molecule has 0 saturated carbocycles. The molecule has 1 aromatic carbocycles. The van der Waals surface area contributed by atoms with Gasteiger partial charge in [0, 0.05) is 29.4 Å². The molecule has 1 N–H and O–H groups in total. The molecule has 114 valence electrons. The fourth-order valence-corrected chi connectivity index (χ4v) is 2.86. The normalized spacial score (nSPS) is 10.3. The van der Waals surface area contributed by atoms with E-state index in [0.717, 1.165) is 22.6 Å². The highest BCUT2D eigenvalue weighted by molar-refractivity contribution is 7.99. The number of aromatic nitrogens is 1. The van der Waals surface area contributed by atoms with Gasteiger partial charge < -0.3 is 5.32 Å². The van der Waals surface area contributed by atoms with Crippen LogP contribution in [0.4, 0.5) is 5.69 Å². The number of thioether (sulfide) groups is 1. The van der Waals surface area contributed by atoms with Crippen LogP contribution in [0.25, 0.3) is 0 Å². The number of pyridine rings is 1. The number of hydrogen-bond acceptors (Lipinski definition) is 4. The first-order valence-corrected chi connectivity index (χ1v) is 8.10. The van der Waals surface area contributed by atoms with E-state index in [9.17, 15) is 9.59 Å². The van der Waals surface area contributed by atoms with Crippen LogP contribution in [0.2, 0.25) is 0 Å². The Labute approximate surface area is 134 Å². The largest absolute Gasteiger partial charge is 0.325 e. The molecule has 0 bridgehead atoms. The number of nitrogens with zero attached hydrogens (tertiary/aromatic N) is 1. The Morgan fingerprint density at radius 2 is 1.91 bits per heavy atom. The summed E-state index contributed by atoms with van der Waals surface area (Å²) in [5, 5.41) is 2.85. The third-order valence-electron chi connectivity index (χ3n) is 3.14. The van der Waals surface area contributed by atoms with Gasteiger partial charge in [-0.1, -0.05) is 0 Å². The number of anilines is 1. The van der Waals surface area contributed by atoms with Crippen LogP contribution in [-0.2, 0) is 10.5 Å². The number of rotatable bonds is 6. The summed E-state index contributed by atoms with van der Waals surface area (Å²) in [6.07, 6.45) is 3.49. The van der Waals surface area contributed by atoms with Crippen LogP contribution in [0, 0.1) is 6.92 Å². The molecule has 2 rings (SSSR count). The minimum absolute atomic E-state index is 0.0308. The molecular formula is C17H18N2O2S. The minimum Gasteiger partial charge on any atom is -0.325 e.